The van der Waals surface area contributed by atoms with Crippen molar-refractivity contribution in [3.63, 3.8) is 0 Å². The van der Waals surface area contributed by atoms with Crippen LogP contribution in [0.5, 0.6) is 0 Å². The number of nitrogens with zero attached hydrogens (tertiary/aromatic N) is 1. The molecule has 3 N–H and O–H groups in total. The van der Waals surface area contributed by atoms with Gasteiger partial charge in [0.2, 0.25) is 0 Å². The highest BCUT2D eigenvalue weighted by Gasteiger charge is 2.34. The molecule has 0 aliphatic heterocycles. The summed E-state index contributed by atoms with van der Waals surface area (Å²) in [5.74, 6) is -2.15. The highest BCUT2D eigenvalue weighted by Crippen LogP contribution is 2.24. The van der Waals surface area contributed by atoms with Crippen molar-refractivity contribution < 1.29 is 29.0 Å². The predicted molar refractivity (Wildman–Crippen MR) is 118 cm³/mol. The quantitative estimate of drug-likeness (QED) is 0.380. The molecule has 0 saturated carbocycles. The van der Waals surface area contributed by atoms with Gasteiger partial charge in [0, 0.05) is 6.54 Å². The first-order chi connectivity index (χ1) is 14.6. The van der Waals surface area contributed by atoms with E-state index < -0.39 is 35.6 Å². The number of aliphatic carboxylic acids is 1. The second-order valence-electron chi connectivity index (χ2n) is 8.32. The van der Waals surface area contributed by atoms with Gasteiger partial charge in [0.05, 0.1) is 12.5 Å². The van der Waals surface area contributed by atoms with Gasteiger partial charge in [-0.25, -0.2) is 9.59 Å². The predicted octanol–water partition coefficient (Wildman–Crippen LogP) is 3.54. The third-order valence-corrected chi connectivity index (χ3v) is 4.65. The topological polar surface area (TPSA) is 119 Å². The van der Waals surface area contributed by atoms with E-state index in [-0.39, 0.29) is 26.0 Å². The van der Waals surface area contributed by atoms with Crippen LogP contribution < -0.4 is 5.73 Å². The number of benzene rings is 1. The van der Waals surface area contributed by atoms with Crippen molar-refractivity contribution in [1.82, 2.24) is 4.90 Å². The van der Waals surface area contributed by atoms with Crippen molar-refractivity contribution in [2.24, 2.45) is 5.73 Å². The summed E-state index contributed by atoms with van der Waals surface area (Å²) in [6, 6.07) is 8.04. The molecule has 0 aliphatic carbocycles. The van der Waals surface area contributed by atoms with Crippen molar-refractivity contribution in [3.05, 3.63) is 35.9 Å². The number of carboxylic acids is 1. The van der Waals surface area contributed by atoms with Crippen LogP contribution in [-0.4, -0.2) is 59.4 Å². The number of ether oxygens (including phenoxy) is 2. The lowest BCUT2D eigenvalue weighted by atomic mass is 9.95. The number of rotatable bonds is 12. The van der Waals surface area contributed by atoms with Crippen molar-refractivity contribution in [2.45, 2.75) is 70.9 Å². The fraction of sp³-hybridized carbons (Fsp3) is 0.609. The summed E-state index contributed by atoms with van der Waals surface area (Å²) in [7, 11) is 0. The number of esters is 1. The minimum Gasteiger partial charge on any atom is -0.480 e. The van der Waals surface area contributed by atoms with Gasteiger partial charge in [-0.2, -0.15) is 0 Å². The fourth-order valence-electron chi connectivity index (χ4n) is 3.21. The lowest BCUT2D eigenvalue weighted by Gasteiger charge is -2.32. The summed E-state index contributed by atoms with van der Waals surface area (Å²) in [5, 5.41) is 9.79. The van der Waals surface area contributed by atoms with Crippen molar-refractivity contribution in [2.75, 3.05) is 19.7 Å². The largest absolute Gasteiger partial charge is 0.480 e. The molecule has 0 spiro atoms. The van der Waals surface area contributed by atoms with Gasteiger partial charge in [0.25, 0.3) is 0 Å². The molecule has 8 heteroatoms. The Labute approximate surface area is 184 Å². The molecule has 0 radical (unpaired) electrons. The van der Waals surface area contributed by atoms with E-state index in [0.29, 0.717) is 19.4 Å². The Kier molecular flexibility index (Phi) is 11.0. The van der Waals surface area contributed by atoms with Crippen molar-refractivity contribution in [1.29, 1.82) is 0 Å². The maximum atomic E-state index is 12.9. The van der Waals surface area contributed by atoms with Crippen LogP contribution >= 0.6 is 0 Å². The number of nitrogens with two attached hydrogens (primary N) is 1. The second kappa shape index (κ2) is 12.9. The second-order valence-corrected chi connectivity index (χ2v) is 8.32. The molecule has 0 aromatic heterocycles. The van der Waals surface area contributed by atoms with Crippen LogP contribution in [0.15, 0.2) is 30.3 Å². The van der Waals surface area contributed by atoms with E-state index in [0.717, 1.165) is 5.56 Å². The molecule has 174 valence electrons. The van der Waals surface area contributed by atoms with Crippen LogP contribution in [0.25, 0.3) is 0 Å². The summed E-state index contributed by atoms with van der Waals surface area (Å²) in [6.07, 6.45) is 0.960. The molecule has 1 rings (SSSR count). The number of hydrogen-bond acceptors (Lipinski definition) is 6. The molecule has 0 bridgehead atoms. The zero-order chi connectivity index (χ0) is 23.4. The highest BCUT2D eigenvalue weighted by molar-refractivity contribution is 5.81. The highest BCUT2D eigenvalue weighted by atomic mass is 16.6. The van der Waals surface area contributed by atoms with Gasteiger partial charge in [-0.3, -0.25) is 9.69 Å². The van der Waals surface area contributed by atoms with Crippen molar-refractivity contribution in [3.8, 4) is 0 Å². The van der Waals surface area contributed by atoms with Gasteiger partial charge in [-0.15, -0.1) is 0 Å². The first-order valence-corrected chi connectivity index (χ1v) is 10.7. The van der Waals surface area contributed by atoms with Crippen LogP contribution in [-0.2, 0) is 19.1 Å². The fourth-order valence-corrected chi connectivity index (χ4v) is 3.21. The SMILES string of the molecule is CCOC(=O)C(CCN(C(=O)OC(C)(C)C)[C@@H](CCCCN)C(=O)O)c1ccccc1. The maximum Gasteiger partial charge on any atom is 0.411 e. The van der Waals surface area contributed by atoms with E-state index in [1.807, 2.05) is 30.3 Å². The van der Waals surface area contributed by atoms with Gasteiger partial charge in [0.1, 0.15) is 11.6 Å². The minimum absolute atomic E-state index is 0.0346. The average molecular weight is 437 g/mol. The smallest absolute Gasteiger partial charge is 0.411 e. The van der Waals surface area contributed by atoms with Gasteiger partial charge in [0.15, 0.2) is 0 Å². The Balaban J connectivity index is 3.13. The van der Waals surface area contributed by atoms with Gasteiger partial charge in [-0.05, 0) is 65.5 Å². The number of carbonyl (C=O) groups excluding carboxylic acids is 2. The average Bonchev–Trinajstić information content (AvgIpc) is 2.68. The summed E-state index contributed by atoms with van der Waals surface area (Å²) >= 11 is 0. The van der Waals surface area contributed by atoms with E-state index in [1.165, 1.54) is 4.90 Å². The van der Waals surface area contributed by atoms with E-state index in [4.69, 9.17) is 15.2 Å². The summed E-state index contributed by atoms with van der Waals surface area (Å²) < 4.78 is 10.7. The monoisotopic (exact) mass is 436 g/mol. The first-order valence-electron chi connectivity index (χ1n) is 10.7. The number of amides is 1. The van der Waals surface area contributed by atoms with Crippen LogP contribution in [0, 0.1) is 0 Å². The normalized spacial score (nSPS) is 13.2. The Morgan fingerprint density at radius 2 is 1.74 bits per heavy atom. The molecular weight excluding hydrogens is 400 g/mol. The summed E-state index contributed by atoms with van der Waals surface area (Å²) in [4.78, 5) is 38.7. The number of unbranched alkanes of at least 4 members (excludes halogenated alkanes) is 1. The molecule has 31 heavy (non-hydrogen) atoms. The molecule has 0 aliphatic rings. The molecule has 1 aromatic rings. The van der Waals surface area contributed by atoms with Crippen LogP contribution in [0.2, 0.25) is 0 Å². The van der Waals surface area contributed by atoms with Crippen LogP contribution in [0.1, 0.15) is 64.9 Å². The van der Waals surface area contributed by atoms with E-state index >= 15 is 0 Å². The minimum atomic E-state index is -1.12. The number of carbonyl (C=O) groups is 3. The molecule has 8 nitrogen and oxygen atoms in total. The number of carboxylic acid groups (broad SMARTS) is 1. The van der Waals surface area contributed by atoms with Gasteiger partial charge >= 0.3 is 18.0 Å². The Morgan fingerprint density at radius 3 is 2.26 bits per heavy atom. The molecule has 2 atom stereocenters. The lowest BCUT2D eigenvalue weighted by molar-refractivity contribution is -0.145. The molecule has 1 aromatic carbocycles. The molecule has 0 heterocycles. The first kappa shape index (κ1) is 26.4. The lowest BCUT2D eigenvalue weighted by Crippen LogP contribution is -2.48. The molecule has 1 amide bonds. The zero-order valence-electron chi connectivity index (χ0n) is 19.0. The zero-order valence-corrected chi connectivity index (χ0v) is 19.0. The molecule has 0 fully saturated rings. The van der Waals surface area contributed by atoms with E-state index in [2.05, 4.69) is 0 Å². The Bertz CT molecular complexity index is 702. The molecule has 0 saturated heterocycles. The summed E-state index contributed by atoms with van der Waals surface area (Å²) in [5.41, 5.74) is 5.50. The van der Waals surface area contributed by atoms with E-state index in [1.54, 1.807) is 27.7 Å². The van der Waals surface area contributed by atoms with Gasteiger partial charge < -0.3 is 20.3 Å². The van der Waals surface area contributed by atoms with Crippen LogP contribution in [0.4, 0.5) is 4.79 Å². The third kappa shape index (κ3) is 9.38. The van der Waals surface area contributed by atoms with Crippen LogP contribution in [0.3, 0.4) is 0 Å². The Morgan fingerprint density at radius 1 is 1.10 bits per heavy atom. The number of hydrogen-bond donors (Lipinski definition) is 2. The molecule has 1 unspecified atom stereocenters. The summed E-state index contributed by atoms with van der Waals surface area (Å²) in [6.45, 7) is 7.60. The molecular formula is C23H36N2O6. The Hall–Kier alpha value is -2.61. The van der Waals surface area contributed by atoms with E-state index in [9.17, 15) is 19.5 Å². The van der Waals surface area contributed by atoms with Gasteiger partial charge in [-0.1, -0.05) is 30.3 Å². The maximum absolute atomic E-state index is 12.9. The third-order valence-electron chi connectivity index (χ3n) is 4.65. The standard InChI is InChI=1S/C23H36N2O6/c1-5-30-21(28)18(17-11-7-6-8-12-17)14-16-25(22(29)31-23(2,3)4)19(20(26)27)13-9-10-15-24/h6-8,11-12,18-19H,5,9-10,13-16,24H2,1-4H3,(H,26,27)/t18?,19-/m0/s1. The van der Waals surface area contributed by atoms with Crippen molar-refractivity contribution >= 4 is 18.0 Å².